The van der Waals surface area contributed by atoms with Gasteiger partial charge in [-0.3, -0.25) is 9.59 Å². The van der Waals surface area contributed by atoms with Gasteiger partial charge < -0.3 is 10.8 Å². The molecular formula is C10H13NO3. The number of carbonyl (C=O) groups is 2. The molecule has 0 radical (unpaired) electrons. The van der Waals surface area contributed by atoms with E-state index < -0.39 is 23.7 Å². The quantitative estimate of drug-likeness (QED) is 0.625. The van der Waals surface area contributed by atoms with Gasteiger partial charge in [0, 0.05) is 0 Å². The van der Waals surface area contributed by atoms with E-state index in [2.05, 4.69) is 0 Å². The van der Waals surface area contributed by atoms with E-state index in [4.69, 9.17) is 10.8 Å². The average Bonchev–Trinajstić information content (AvgIpc) is 2.17. The second-order valence-corrected chi connectivity index (χ2v) is 4.08. The Morgan fingerprint density at radius 3 is 1.93 bits per heavy atom. The third-order valence-corrected chi connectivity index (χ3v) is 3.36. The van der Waals surface area contributed by atoms with Crippen molar-refractivity contribution in [3.63, 3.8) is 0 Å². The molecule has 4 heteroatoms. The molecule has 0 aromatic heterocycles. The van der Waals surface area contributed by atoms with E-state index in [1.54, 1.807) is 0 Å². The Kier molecular flexibility index (Phi) is 2.06. The highest BCUT2D eigenvalue weighted by molar-refractivity contribution is 5.85. The van der Waals surface area contributed by atoms with Crippen LogP contribution in [0.1, 0.15) is 12.8 Å². The third kappa shape index (κ3) is 1.22. The van der Waals surface area contributed by atoms with Crippen LogP contribution in [0, 0.1) is 23.7 Å². The van der Waals surface area contributed by atoms with Gasteiger partial charge in [-0.25, -0.2) is 0 Å². The lowest BCUT2D eigenvalue weighted by atomic mass is 9.62. The maximum atomic E-state index is 11.2. The highest BCUT2D eigenvalue weighted by atomic mass is 16.4. The highest BCUT2D eigenvalue weighted by Gasteiger charge is 2.47. The first-order chi connectivity index (χ1) is 6.61. The largest absolute Gasteiger partial charge is 0.481 e. The normalized spacial score (nSPS) is 39.7. The molecule has 4 atom stereocenters. The van der Waals surface area contributed by atoms with Gasteiger partial charge in [0.1, 0.15) is 0 Å². The van der Waals surface area contributed by atoms with Gasteiger partial charge in [-0.2, -0.15) is 0 Å². The van der Waals surface area contributed by atoms with Crippen LogP contribution in [-0.4, -0.2) is 17.0 Å². The summed E-state index contributed by atoms with van der Waals surface area (Å²) < 4.78 is 0. The SMILES string of the molecule is NC(=O)[C@@H]1[C@@H](C(=O)O)[C@H]2C=C[C@H]1CC2. The van der Waals surface area contributed by atoms with Crippen molar-refractivity contribution in [1.29, 1.82) is 0 Å². The van der Waals surface area contributed by atoms with Crippen LogP contribution in [0.5, 0.6) is 0 Å². The van der Waals surface area contributed by atoms with E-state index >= 15 is 0 Å². The Morgan fingerprint density at radius 1 is 1.14 bits per heavy atom. The number of fused-ring (bicyclic) bond motifs is 2. The number of allylic oxidation sites excluding steroid dienone is 2. The Bertz CT molecular complexity index is 280. The van der Waals surface area contributed by atoms with Crippen molar-refractivity contribution in [3.8, 4) is 0 Å². The fourth-order valence-corrected chi connectivity index (χ4v) is 2.72. The number of carboxylic acids is 1. The number of carboxylic acid groups (broad SMARTS) is 1. The molecule has 3 N–H and O–H groups in total. The molecule has 0 unspecified atom stereocenters. The van der Waals surface area contributed by atoms with Crippen LogP contribution in [-0.2, 0) is 9.59 Å². The number of primary amides is 1. The van der Waals surface area contributed by atoms with Crippen LogP contribution in [0.25, 0.3) is 0 Å². The minimum Gasteiger partial charge on any atom is -0.481 e. The molecule has 0 aromatic carbocycles. The lowest BCUT2D eigenvalue weighted by Gasteiger charge is -2.41. The Morgan fingerprint density at radius 2 is 1.64 bits per heavy atom. The summed E-state index contributed by atoms with van der Waals surface area (Å²) in [4.78, 5) is 22.2. The van der Waals surface area contributed by atoms with Gasteiger partial charge in [0.15, 0.2) is 0 Å². The average molecular weight is 195 g/mol. The Balaban J connectivity index is 2.33. The topological polar surface area (TPSA) is 80.4 Å². The molecule has 3 aliphatic carbocycles. The summed E-state index contributed by atoms with van der Waals surface area (Å²) in [6.07, 6.45) is 5.62. The smallest absolute Gasteiger partial charge is 0.307 e. The maximum Gasteiger partial charge on any atom is 0.307 e. The molecule has 1 saturated carbocycles. The summed E-state index contributed by atoms with van der Waals surface area (Å²) in [7, 11) is 0. The van der Waals surface area contributed by atoms with E-state index in [-0.39, 0.29) is 11.8 Å². The van der Waals surface area contributed by atoms with E-state index in [9.17, 15) is 9.59 Å². The lowest BCUT2D eigenvalue weighted by Crippen LogP contribution is -2.47. The van der Waals surface area contributed by atoms with Crippen molar-refractivity contribution in [3.05, 3.63) is 12.2 Å². The number of rotatable bonds is 2. The van der Waals surface area contributed by atoms with Gasteiger partial charge in [0.25, 0.3) is 0 Å². The van der Waals surface area contributed by atoms with E-state index in [1.165, 1.54) is 0 Å². The fraction of sp³-hybridized carbons (Fsp3) is 0.600. The molecule has 3 rings (SSSR count). The second kappa shape index (κ2) is 3.12. The molecule has 1 fully saturated rings. The van der Waals surface area contributed by atoms with Gasteiger partial charge in [0.05, 0.1) is 11.8 Å². The standard InChI is InChI=1S/C10H13NO3/c11-9(12)7-5-1-3-6(4-2-5)8(7)10(13)14/h1,3,5-8H,2,4H2,(H2,11,12)(H,13,14)/t5-,6-,7-,8-/m0/s1. The third-order valence-electron chi connectivity index (χ3n) is 3.36. The van der Waals surface area contributed by atoms with Crippen molar-refractivity contribution < 1.29 is 14.7 Å². The summed E-state index contributed by atoms with van der Waals surface area (Å²) in [5, 5.41) is 9.04. The zero-order chi connectivity index (χ0) is 10.3. The summed E-state index contributed by atoms with van der Waals surface area (Å²) in [5.41, 5.74) is 5.25. The van der Waals surface area contributed by atoms with Gasteiger partial charge >= 0.3 is 5.97 Å². The number of aliphatic carboxylic acids is 1. The second-order valence-electron chi connectivity index (χ2n) is 4.08. The lowest BCUT2D eigenvalue weighted by molar-refractivity contribution is -0.152. The van der Waals surface area contributed by atoms with Crippen LogP contribution in [0.15, 0.2) is 12.2 Å². The molecule has 2 bridgehead atoms. The monoisotopic (exact) mass is 195 g/mol. The number of nitrogens with two attached hydrogens (primary N) is 1. The van der Waals surface area contributed by atoms with Crippen LogP contribution in [0.4, 0.5) is 0 Å². The number of amides is 1. The maximum absolute atomic E-state index is 11.2. The van der Waals surface area contributed by atoms with Gasteiger partial charge in [0.2, 0.25) is 5.91 Å². The van der Waals surface area contributed by atoms with Crippen molar-refractivity contribution in [1.82, 2.24) is 0 Å². The molecule has 0 spiro atoms. The first-order valence-corrected chi connectivity index (χ1v) is 4.81. The zero-order valence-corrected chi connectivity index (χ0v) is 7.72. The molecule has 76 valence electrons. The molecule has 0 aliphatic heterocycles. The molecule has 0 saturated heterocycles. The summed E-state index contributed by atoms with van der Waals surface area (Å²) in [5.74, 6) is -2.44. The fourth-order valence-electron chi connectivity index (χ4n) is 2.72. The van der Waals surface area contributed by atoms with Crippen LogP contribution in [0.3, 0.4) is 0 Å². The molecule has 0 aromatic rings. The van der Waals surface area contributed by atoms with Crippen molar-refractivity contribution in [2.75, 3.05) is 0 Å². The molecule has 14 heavy (non-hydrogen) atoms. The van der Waals surface area contributed by atoms with Crippen molar-refractivity contribution in [2.24, 2.45) is 29.4 Å². The zero-order valence-electron chi connectivity index (χ0n) is 7.72. The highest BCUT2D eigenvalue weighted by Crippen LogP contribution is 2.44. The number of hydrogen-bond donors (Lipinski definition) is 2. The van der Waals surface area contributed by atoms with Crippen molar-refractivity contribution in [2.45, 2.75) is 12.8 Å². The minimum absolute atomic E-state index is 0.00463. The van der Waals surface area contributed by atoms with Gasteiger partial charge in [-0.05, 0) is 24.7 Å². The number of carbonyl (C=O) groups excluding carboxylic acids is 1. The van der Waals surface area contributed by atoms with E-state index in [0.29, 0.717) is 0 Å². The van der Waals surface area contributed by atoms with Gasteiger partial charge in [-0.1, -0.05) is 12.2 Å². The van der Waals surface area contributed by atoms with Crippen molar-refractivity contribution >= 4 is 11.9 Å². The van der Waals surface area contributed by atoms with Crippen LogP contribution < -0.4 is 5.73 Å². The van der Waals surface area contributed by atoms with Gasteiger partial charge in [-0.15, -0.1) is 0 Å². The molecule has 4 nitrogen and oxygen atoms in total. The molecule has 0 heterocycles. The summed E-state index contributed by atoms with van der Waals surface area (Å²) >= 11 is 0. The van der Waals surface area contributed by atoms with E-state index in [1.807, 2.05) is 12.2 Å². The minimum atomic E-state index is -0.896. The molecule has 3 aliphatic rings. The number of hydrogen-bond acceptors (Lipinski definition) is 2. The first-order valence-electron chi connectivity index (χ1n) is 4.81. The Hall–Kier alpha value is -1.32. The molecular weight excluding hydrogens is 182 g/mol. The van der Waals surface area contributed by atoms with Crippen LogP contribution in [0.2, 0.25) is 0 Å². The summed E-state index contributed by atoms with van der Waals surface area (Å²) in [6.45, 7) is 0. The van der Waals surface area contributed by atoms with Crippen LogP contribution >= 0.6 is 0 Å². The predicted molar refractivity (Wildman–Crippen MR) is 49.2 cm³/mol. The molecule has 1 amide bonds. The summed E-state index contributed by atoms with van der Waals surface area (Å²) in [6, 6.07) is 0. The first kappa shape index (κ1) is 9.24. The predicted octanol–water partition coefficient (Wildman–Crippen LogP) is 0.385. The Labute approximate surface area is 81.8 Å². The van der Waals surface area contributed by atoms with E-state index in [0.717, 1.165) is 12.8 Å².